The summed E-state index contributed by atoms with van der Waals surface area (Å²) in [7, 11) is 0. The molecule has 2 N–H and O–H groups in total. The van der Waals surface area contributed by atoms with Crippen LogP contribution in [0.2, 0.25) is 0 Å². The van der Waals surface area contributed by atoms with E-state index < -0.39 is 28.6 Å². The molecule has 1 aromatic rings. The molecule has 1 aromatic carbocycles. The number of carbonyl (C=O) groups excluding carboxylic acids is 1. The van der Waals surface area contributed by atoms with Crippen molar-refractivity contribution >= 4 is 11.6 Å². The fourth-order valence-corrected chi connectivity index (χ4v) is 2.23. The van der Waals surface area contributed by atoms with Gasteiger partial charge in [-0.05, 0) is 12.5 Å². The number of anilines is 1. The number of benzene rings is 1. The van der Waals surface area contributed by atoms with Crippen LogP contribution in [-0.4, -0.2) is 11.0 Å². The van der Waals surface area contributed by atoms with Gasteiger partial charge in [-0.1, -0.05) is 26.8 Å². The molecule has 98 valence electrons. The number of rotatable bonds is 2. The first kappa shape index (κ1) is 13.0. The lowest BCUT2D eigenvalue weighted by Gasteiger charge is -2.37. The molecule has 2 rings (SSSR count). The van der Waals surface area contributed by atoms with Crippen molar-refractivity contribution in [1.82, 2.24) is 0 Å². The van der Waals surface area contributed by atoms with E-state index in [1.165, 1.54) is 6.07 Å². The van der Waals surface area contributed by atoms with Crippen molar-refractivity contribution in [2.24, 2.45) is 5.41 Å². The fourth-order valence-electron chi connectivity index (χ4n) is 2.23. The Bertz CT molecular complexity index is 528. The molecule has 18 heavy (non-hydrogen) atoms. The minimum absolute atomic E-state index is 0.0956. The summed E-state index contributed by atoms with van der Waals surface area (Å²) in [5.74, 6) is -2.90. The Hall–Kier alpha value is -1.49. The van der Waals surface area contributed by atoms with E-state index in [-0.39, 0.29) is 11.3 Å². The van der Waals surface area contributed by atoms with Gasteiger partial charge in [-0.15, -0.1) is 0 Å². The third kappa shape index (κ3) is 1.40. The second-order valence-corrected chi connectivity index (χ2v) is 5.19. The minimum atomic E-state index is -1.84. The van der Waals surface area contributed by atoms with E-state index in [0.29, 0.717) is 6.42 Å². The summed E-state index contributed by atoms with van der Waals surface area (Å²) in [4.78, 5) is 12.0. The molecule has 1 unspecified atom stereocenters. The molecule has 0 aliphatic carbocycles. The molecule has 0 bridgehead atoms. The lowest BCUT2D eigenvalue weighted by molar-refractivity contribution is -0.148. The van der Waals surface area contributed by atoms with Gasteiger partial charge in [0.25, 0.3) is 5.91 Å². The molecule has 0 fully saturated rings. The number of nitrogens with one attached hydrogen (secondary N) is 1. The van der Waals surface area contributed by atoms with E-state index in [1.807, 2.05) is 6.92 Å². The van der Waals surface area contributed by atoms with E-state index in [4.69, 9.17) is 0 Å². The fraction of sp³-hybridized carbons (Fsp3) is 0.462. The van der Waals surface area contributed by atoms with Crippen LogP contribution >= 0.6 is 0 Å². The third-order valence-electron chi connectivity index (χ3n) is 3.92. The maximum atomic E-state index is 13.6. The lowest BCUT2D eigenvalue weighted by Crippen LogP contribution is -2.47. The summed E-state index contributed by atoms with van der Waals surface area (Å²) in [6, 6.07) is 2.17. The highest BCUT2D eigenvalue weighted by Gasteiger charge is 2.55. The first-order valence-electron chi connectivity index (χ1n) is 5.78. The van der Waals surface area contributed by atoms with Gasteiger partial charge in [0, 0.05) is 11.0 Å². The maximum absolute atomic E-state index is 13.6. The topological polar surface area (TPSA) is 49.3 Å². The minimum Gasteiger partial charge on any atom is -0.375 e. The number of halogens is 2. The van der Waals surface area contributed by atoms with E-state index in [9.17, 15) is 18.7 Å². The van der Waals surface area contributed by atoms with Crippen LogP contribution in [0.1, 0.15) is 32.8 Å². The number of hydrogen-bond acceptors (Lipinski definition) is 2. The first-order chi connectivity index (χ1) is 8.25. The largest absolute Gasteiger partial charge is 0.375 e. The van der Waals surface area contributed by atoms with Gasteiger partial charge in [0.1, 0.15) is 0 Å². The Morgan fingerprint density at radius 2 is 2.00 bits per heavy atom. The van der Waals surface area contributed by atoms with Crippen molar-refractivity contribution in [2.75, 3.05) is 5.32 Å². The molecular formula is C13H15F2NO2. The summed E-state index contributed by atoms with van der Waals surface area (Å²) in [6.07, 6.45) is 0.509. The quantitative estimate of drug-likeness (QED) is 0.853. The number of hydrogen-bond donors (Lipinski definition) is 2. The van der Waals surface area contributed by atoms with Crippen molar-refractivity contribution in [2.45, 2.75) is 32.8 Å². The lowest BCUT2D eigenvalue weighted by atomic mass is 9.70. The monoisotopic (exact) mass is 255 g/mol. The van der Waals surface area contributed by atoms with Crippen molar-refractivity contribution < 1.29 is 18.7 Å². The van der Waals surface area contributed by atoms with E-state index in [2.05, 4.69) is 5.32 Å². The normalized spacial score (nSPS) is 22.9. The van der Waals surface area contributed by atoms with E-state index in [0.717, 1.165) is 6.07 Å². The number of carbonyl (C=O) groups is 1. The zero-order valence-corrected chi connectivity index (χ0v) is 10.5. The molecule has 0 saturated carbocycles. The van der Waals surface area contributed by atoms with Gasteiger partial charge in [0.05, 0.1) is 5.69 Å². The molecule has 5 heteroatoms. The molecule has 0 saturated heterocycles. The van der Waals surface area contributed by atoms with Crippen molar-refractivity contribution in [1.29, 1.82) is 0 Å². The van der Waals surface area contributed by atoms with Gasteiger partial charge in [0.2, 0.25) is 0 Å². The summed E-state index contributed by atoms with van der Waals surface area (Å²) >= 11 is 0. The highest BCUT2D eigenvalue weighted by atomic mass is 19.2. The predicted octanol–water partition coefficient (Wildman–Crippen LogP) is 2.54. The molecule has 0 aromatic heterocycles. The van der Waals surface area contributed by atoms with Crippen LogP contribution in [0.4, 0.5) is 14.5 Å². The van der Waals surface area contributed by atoms with Crippen LogP contribution in [0.5, 0.6) is 0 Å². The average molecular weight is 255 g/mol. The Morgan fingerprint density at radius 3 is 2.56 bits per heavy atom. The number of amides is 1. The molecule has 0 spiro atoms. The molecule has 1 aliphatic rings. The van der Waals surface area contributed by atoms with Crippen molar-refractivity contribution in [3.05, 3.63) is 29.3 Å². The van der Waals surface area contributed by atoms with Crippen LogP contribution in [0.15, 0.2) is 12.1 Å². The zero-order valence-electron chi connectivity index (χ0n) is 10.5. The summed E-state index contributed by atoms with van der Waals surface area (Å²) in [5.41, 5.74) is -2.79. The average Bonchev–Trinajstić information content (AvgIpc) is 2.59. The standard InChI is InChI=1S/C13H15F2NO2/c1-4-12(2,3)13(18)7-5-6-8(14)9(15)10(7)16-11(13)17/h5-6,18H,4H2,1-3H3,(H,16,17). The summed E-state index contributed by atoms with van der Waals surface area (Å²) in [5, 5.41) is 12.9. The van der Waals surface area contributed by atoms with Crippen LogP contribution in [-0.2, 0) is 10.4 Å². The first-order valence-corrected chi connectivity index (χ1v) is 5.78. The third-order valence-corrected chi connectivity index (χ3v) is 3.92. The summed E-state index contributed by atoms with van der Waals surface area (Å²) < 4.78 is 26.7. The summed E-state index contributed by atoms with van der Waals surface area (Å²) in [6.45, 7) is 5.25. The Labute approximate surface area is 104 Å². The van der Waals surface area contributed by atoms with Gasteiger partial charge in [-0.25, -0.2) is 8.78 Å². The van der Waals surface area contributed by atoms with Crippen LogP contribution in [0.25, 0.3) is 0 Å². The molecule has 1 amide bonds. The van der Waals surface area contributed by atoms with Gasteiger partial charge in [0.15, 0.2) is 17.2 Å². The predicted molar refractivity (Wildman–Crippen MR) is 63.0 cm³/mol. The molecule has 1 atom stereocenters. The molecule has 1 aliphatic heterocycles. The van der Waals surface area contributed by atoms with Crippen LogP contribution in [0.3, 0.4) is 0 Å². The second kappa shape index (κ2) is 3.75. The smallest absolute Gasteiger partial charge is 0.261 e. The molecule has 3 nitrogen and oxygen atoms in total. The van der Waals surface area contributed by atoms with Crippen molar-refractivity contribution in [3.63, 3.8) is 0 Å². The molecular weight excluding hydrogens is 240 g/mol. The Morgan fingerprint density at radius 1 is 1.39 bits per heavy atom. The Balaban J connectivity index is 2.70. The van der Waals surface area contributed by atoms with Gasteiger partial charge in [-0.2, -0.15) is 0 Å². The number of aliphatic hydroxyl groups is 1. The van der Waals surface area contributed by atoms with Gasteiger partial charge in [-0.3, -0.25) is 4.79 Å². The highest BCUT2D eigenvalue weighted by molar-refractivity contribution is 6.05. The van der Waals surface area contributed by atoms with Gasteiger partial charge >= 0.3 is 0 Å². The molecule has 1 heterocycles. The number of fused-ring (bicyclic) bond motifs is 1. The van der Waals surface area contributed by atoms with Crippen LogP contribution < -0.4 is 5.32 Å². The van der Waals surface area contributed by atoms with E-state index >= 15 is 0 Å². The highest BCUT2D eigenvalue weighted by Crippen LogP contribution is 2.49. The van der Waals surface area contributed by atoms with Gasteiger partial charge < -0.3 is 10.4 Å². The van der Waals surface area contributed by atoms with Crippen molar-refractivity contribution in [3.8, 4) is 0 Å². The second-order valence-electron chi connectivity index (χ2n) is 5.19. The SMILES string of the molecule is CCC(C)(C)C1(O)C(=O)Nc2c1ccc(F)c2F. The molecule has 0 radical (unpaired) electrons. The van der Waals surface area contributed by atoms with Crippen LogP contribution in [0, 0.1) is 17.0 Å². The maximum Gasteiger partial charge on any atom is 0.261 e. The van der Waals surface area contributed by atoms with E-state index in [1.54, 1.807) is 13.8 Å². The Kier molecular flexibility index (Phi) is 2.70. The zero-order chi connectivity index (χ0) is 13.7.